The van der Waals surface area contributed by atoms with E-state index < -0.39 is 17.5 Å². The first-order chi connectivity index (χ1) is 9.09. The first-order valence-electron chi connectivity index (χ1n) is 7.28. The zero-order valence-electron chi connectivity index (χ0n) is 12.8. The molecule has 0 spiro atoms. The lowest BCUT2D eigenvalue weighted by molar-refractivity contribution is 0.177. The van der Waals surface area contributed by atoms with Crippen LogP contribution in [0.4, 0.5) is 4.79 Å². The van der Waals surface area contributed by atoms with Gasteiger partial charge in [-0.2, -0.15) is 0 Å². The highest BCUT2D eigenvalue weighted by Gasteiger charge is 2.58. The average molecular weight is 302 g/mol. The van der Waals surface area contributed by atoms with Crippen LogP contribution in [0, 0.1) is 5.41 Å². The quantitative estimate of drug-likeness (QED) is 0.696. The topological polar surface area (TPSA) is 84.4 Å². The van der Waals surface area contributed by atoms with Crippen molar-refractivity contribution in [2.75, 3.05) is 0 Å². The number of rotatable bonds is 4. The molecule has 0 saturated heterocycles. The van der Waals surface area contributed by atoms with Gasteiger partial charge in [-0.25, -0.2) is 4.79 Å². The number of amides is 1. The highest BCUT2D eigenvalue weighted by atomic mass is 32.2. The van der Waals surface area contributed by atoms with E-state index in [2.05, 4.69) is 17.0 Å². The normalized spacial score (nSPS) is 35.9. The van der Waals surface area contributed by atoms with Gasteiger partial charge in [-0.1, -0.05) is 0 Å². The standard InChI is InChI=1S/C14H26N2O3S/c1-10(16-20(19)12(2,3)4)13-5-7-14(9-13,8-6-13)15-11(17)18/h10,15-16H,5-9H2,1-4H3,(H,17,18)/t10?,13?,14?,20-/m0/s1. The summed E-state index contributed by atoms with van der Waals surface area (Å²) < 4.78 is 15.2. The van der Waals surface area contributed by atoms with Crippen molar-refractivity contribution in [2.24, 2.45) is 5.41 Å². The molecule has 0 aromatic rings. The number of carboxylic acid groups (broad SMARTS) is 1. The van der Waals surface area contributed by atoms with Crippen molar-refractivity contribution in [3.8, 4) is 0 Å². The second-order valence-electron chi connectivity index (χ2n) is 7.47. The monoisotopic (exact) mass is 302 g/mol. The van der Waals surface area contributed by atoms with Gasteiger partial charge < -0.3 is 15.0 Å². The van der Waals surface area contributed by atoms with Gasteiger partial charge in [0, 0.05) is 16.9 Å². The molecule has 3 N–H and O–H groups in total. The molecule has 2 aliphatic rings. The lowest BCUT2D eigenvalue weighted by atomic mass is 9.78. The van der Waals surface area contributed by atoms with Gasteiger partial charge in [-0.15, -0.1) is 4.72 Å². The van der Waals surface area contributed by atoms with Crippen LogP contribution in [0.3, 0.4) is 0 Å². The Morgan fingerprint density at radius 1 is 1.30 bits per heavy atom. The fourth-order valence-electron chi connectivity index (χ4n) is 3.70. The molecule has 2 fully saturated rings. The van der Waals surface area contributed by atoms with Crippen LogP contribution in [-0.4, -0.2) is 32.1 Å². The number of carbonyl (C=O) groups is 1. The van der Waals surface area contributed by atoms with E-state index in [0.29, 0.717) is 0 Å². The molecule has 0 aromatic heterocycles. The van der Waals surface area contributed by atoms with E-state index >= 15 is 0 Å². The van der Waals surface area contributed by atoms with Crippen LogP contribution in [0.1, 0.15) is 59.8 Å². The van der Waals surface area contributed by atoms with E-state index in [1.165, 1.54) is 0 Å². The molecule has 2 saturated carbocycles. The van der Waals surface area contributed by atoms with Crippen molar-refractivity contribution < 1.29 is 14.5 Å². The Kier molecular flexibility index (Phi) is 4.04. The summed E-state index contributed by atoms with van der Waals surface area (Å²) in [5, 5.41) is 11.7. The van der Waals surface area contributed by atoms with E-state index in [-0.39, 0.29) is 21.7 Å². The minimum Gasteiger partial charge on any atom is -0.598 e. The number of nitrogens with one attached hydrogen (secondary N) is 2. The van der Waals surface area contributed by atoms with Crippen LogP contribution >= 0.6 is 0 Å². The highest BCUT2D eigenvalue weighted by molar-refractivity contribution is 7.90. The van der Waals surface area contributed by atoms with Gasteiger partial charge in [0.05, 0.1) is 6.04 Å². The molecular weight excluding hydrogens is 276 g/mol. The van der Waals surface area contributed by atoms with Crippen LogP contribution in [0.15, 0.2) is 0 Å². The maximum Gasteiger partial charge on any atom is 0.405 e. The summed E-state index contributed by atoms with van der Waals surface area (Å²) >= 11 is -1.08. The lowest BCUT2D eigenvalue weighted by Gasteiger charge is -2.36. The molecule has 0 aromatic carbocycles. The molecule has 2 atom stereocenters. The summed E-state index contributed by atoms with van der Waals surface area (Å²) in [7, 11) is 0. The third-order valence-electron chi connectivity index (χ3n) is 5.02. The first-order valence-corrected chi connectivity index (χ1v) is 8.43. The Labute approximate surface area is 124 Å². The zero-order valence-corrected chi connectivity index (χ0v) is 13.6. The third-order valence-corrected chi connectivity index (χ3v) is 6.70. The van der Waals surface area contributed by atoms with Gasteiger partial charge in [0.2, 0.25) is 0 Å². The van der Waals surface area contributed by atoms with Crippen LogP contribution in [0.5, 0.6) is 0 Å². The number of hydrogen-bond acceptors (Lipinski definition) is 3. The van der Waals surface area contributed by atoms with Crippen molar-refractivity contribution in [2.45, 2.75) is 76.1 Å². The van der Waals surface area contributed by atoms with Crippen molar-refractivity contribution in [3.63, 3.8) is 0 Å². The summed E-state index contributed by atoms with van der Waals surface area (Å²) in [6, 6.07) is 0.141. The number of hydrogen-bond donors (Lipinski definition) is 3. The van der Waals surface area contributed by atoms with Crippen molar-refractivity contribution >= 4 is 17.5 Å². The largest absolute Gasteiger partial charge is 0.598 e. The SMILES string of the molecule is CC(N[S@@+]([O-])C(C)(C)C)C12CCC(NC(=O)O)(CC1)C2. The average Bonchev–Trinajstić information content (AvgIpc) is 2.83. The maximum absolute atomic E-state index is 12.3. The zero-order chi connectivity index (χ0) is 15.2. The van der Waals surface area contributed by atoms with E-state index in [1.807, 2.05) is 20.8 Å². The summed E-state index contributed by atoms with van der Waals surface area (Å²) in [6.07, 6.45) is 3.73. The second kappa shape index (κ2) is 5.07. The second-order valence-corrected chi connectivity index (χ2v) is 9.47. The van der Waals surface area contributed by atoms with Crippen LogP contribution in [-0.2, 0) is 11.4 Å². The summed E-state index contributed by atoms with van der Waals surface area (Å²) in [5.41, 5.74) is -0.158. The molecule has 2 bridgehead atoms. The minimum atomic E-state index is -1.08. The van der Waals surface area contributed by atoms with Gasteiger partial charge in [0.25, 0.3) is 0 Å². The third kappa shape index (κ3) is 2.92. The molecule has 1 amide bonds. The first kappa shape index (κ1) is 15.9. The Hall–Kier alpha value is -0.460. The lowest BCUT2D eigenvalue weighted by Crippen LogP contribution is -2.49. The molecule has 6 heteroatoms. The summed E-state index contributed by atoms with van der Waals surface area (Å²) in [6.45, 7) is 7.96. The molecule has 2 aliphatic carbocycles. The smallest absolute Gasteiger partial charge is 0.405 e. The predicted octanol–water partition coefficient (Wildman–Crippen LogP) is 2.40. The van der Waals surface area contributed by atoms with E-state index in [1.54, 1.807) is 0 Å². The Morgan fingerprint density at radius 3 is 2.30 bits per heavy atom. The maximum atomic E-state index is 12.3. The molecule has 1 unspecified atom stereocenters. The van der Waals surface area contributed by atoms with Crippen LogP contribution in [0.2, 0.25) is 0 Å². The van der Waals surface area contributed by atoms with Gasteiger partial charge >= 0.3 is 6.09 Å². The Morgan fingerprint density at radius 2 is 1.85 bits per heavy atom. The molecule has 0 aliphatic heterocycles. The van der Waals surface area contributed by atoms with Gasteiger partial charge in [-0.05, 0) is 65.2 Å². The molecule has 2 rings (SSSR count). The van der Waals surface area contributed by atoms with Crippen molar-refractivity contribution in [3.05, 3.63) is 0 Å². The molecule has 116 valence electrons. The van der Waals surface area contributed by atoms with Crippen LogP contribution < -0.4 is 10.0 Å². The Bertz CT molecular complexity index is 386. The fraction of sp³-hybridized carbons (Fsp3) is 0.929. The Balaban J connectivity index is 2.02. The van der Waals surface area contributed by atoms with Gasteiger partial charge in [0.1, 0.15) is 4.75 Å². The van der Waals surface area contributed by atoms with Gasteiger partial charge in [-0.3, -0.25) is 0 Å². The molecule has 0 heterocycles. The molecule has 5 nitrogen and oxygen atoms in total. The van der Waals surface area contributed by atoms with E-state index in [4.69, 9.17) is 5.11 Å². The van der Waals surface area contributed by atoms with Crippen molar-refractivity contribution in [1.29, 1.82) is 0 Å². The summed E-state index contributed by atoms with van der Waals surface area (Å²) in [4.78, 5) is 10.9. The molecule has 20 heavy (non-hydrogen) atoms. The fourth-order valence-corrected chi connectivity index (χ4v) is 4.62. The van der Waals surface area contributed by atoms with E-state index in [9.17, 15) is 9.35 Å². The number of fused-ring (bicyclic) bond motifs is 2. The van der Waals surface area contributed by atoms with E-state index in [0.717, 1.165) is 32.1 Å². The van der Waals surface area contributed by atoms with Crippen molar-refractivity contribution in [1.82, 2.24) is 10.0 Å². The molecular formula is C14H26N2O3S. The van der Waals surface area contributed by atoms with Crippen LogP contribution in [0.25, 0.3) is 0 Å². The van der Waals surface area contributed by atoms with Gasteiger partial charge in [0.15, 0.2) is 0 Å². The summed E-state index contributed by atoms with van der Waals surface area (Å²) in [5.74, 6) is 0. The predicted molar refractivity (Wildman–Crippen MR) is 79.9 cm³/mol. The minimum absolute atomic E-state index is 0.0867. The molecule has 0 radical (unpaired) electrons. The highest BCUT2D eigenvalue weighted by Crippen LogP contribution is 2.58.